The number of carbonyl (C=O) groups is 2. The van der Waals surface area contributed by atoms with Gasteiger partial charge in [-0.1, -0.05) is 60.1 Å². The topological polar surface area (TPSA) is 101 Å². The zero-order chi connectivity index (χ0) is 30.4. The fraction of sp³-hybridized carbons (Fsp3) is 0.171. The lowest BCUT2D eigenvalue weighted by Crippen LogP contribution is -2.63. The minimum absolute atomic E-state index is 0.249. The van der Waals surface area contributed by atoms with E-state index in [4.69, 9.17) is 16.6 Å². The molecule has 9 heteroatoms. The fourth-order valence-corrected chi connectivity index (χ4v) is 7.06. The first-order chi connectivity index (χ1) is 21.1. The Labute approximate surface area is 257 Å². The normalized spacial score (nSPS) is 21.2. The Hall–Kier alpha value is -4.92. The molecule has 2 amide bonds. The second-order valence-corrected chi connectivity index (χ2v) is 12.5. The molecule has 3 aromatic carbocycles. The predicted octanol–water partition coefficient (Wildman–Crippen LogP) is 6.61. The molecule has 1 N–H and O–H groups in total. The highest BCUT2D eigenvalue weighted by Gasteiger charge is 2.60. The van der Waals surface area contributed by atoms with E-state index < -0.39 is 11.1 Å². The molecule has 0 atom stereocenters. The maximum absolute atomic E-state index is 13.6. The Morgan fingerprint density at radius 1 is 0.841 bits per heavy atom. The van der Waals surface area contributed by atoms with Crippen LogP contribution in [-0.4, -0.2) is 47.0 Å². The molecule has 3 aromatic heterocycles. The summed E-state index contributed by atoms with van der Waals surface area (Å²) in [6, 6.07) is 26.3. The molecule has 0 spiro atoms. The molecule has 44 heavy (non-hydrogen) atoms. The van der Waals surface area contributed by atoms with Gasteiger partial charge < -0.3 is 5.11 Å². The zero-order valence-corrected chi connectivity index (χ0v) is 24.7. The van der Waals surface area contributed by atoms with Crippen molar-refractivity contribution in [2.75, 3.05) is 0 Å². The largest absolute Gasteiger partial charge is 0.390 e. The van der Waals surface area contributed by atoms with Crippen molar-refractivity contribution in [3.8, 4) is 22.4 Å². The number of aryl methyl sites for hydroxylation is 1. The molecule has 0 radical (unpaired) electrons. The average Bonchev–Trinajstić information content (AvgIpc) is 3.52. The number of hydrogen-bond acceptors (Lipinski definition) is 6. The number of fused-ring (bicyclic) bond motifs is 4. The minimum Gasteiger partial charge on any atom is -0.390 e. The van der Waals surface area contributed by atoms with Gasteiger partial charge in [-0.25, -0.2) is 9.97 Å². The number of aliphatic hydroxyl groups is 1. The summed E-state index contributed by atoms with van der Waals surface area (Å²) < 4.78 is 1.75. The highest BCUT2D eigenvalue weighted by Crippen LogP contribution is 2.54. The van der Waals surface area contributed by atoms with Gasteiger partial charge in [-0.2, -0.15) is 9.61 Å². The lowest BCUT2D eigenvalue weighted by atomic mass is 9.61. The summed E-state index contributed by atoms with van der Waals surface area (Å²) in [5.74, 6) is -0.669. The smallest absolute Gasteiger partial charge is 0.262 e. The molecule has 0 bridgehead atoms. The van der Waals surface area contributed by atoms with Crippen molar-refractivity contribution >= 4 is 40.1 Å². The van der Waals surface area contributed by atoms with Crippen LogP contribution in [0.3, 0.4) is 0 Å². The Kier molecular flexibility index (Phi) is 5.63. The predicted molar refractivity (Wildman–Crippen MR) is 167 cm³/mol. The van der Waals surface area contributed by atoms with Crippen molar-refractivity contribution in [3.63, 3.8) is 0 Å². The third kappa shape index (κ3) is 3.91. The number of amides is 2. The number of nitrogens with zero attached hydrogens (tertiary/aromatic N) is 5. The summed E-state index contributed by atoms with van der Waals surface area (Å²) in [6.45, 7) is 3.66. The minimum atomic E-state index is -1.00. The zero-order valence-electron chi connectivity index (χ0n) is 24.0. The number of carbonyl (C=O) groups excluding carboxylic acids is 2. The summed E-state index contributed by atoms with van der Waals surface area (Å²) in [7, 11) is 0. The van der Waals surface area contributed by atoms with E-state index in [1.807, 2.05) is 61.5 Å². The quantitative estimate of drug-likeness (QED) is 0.229. The fourth-order valence-electron chi connectivity index (χ4n) is 6.94. The molecule has 1 aliphatic carbocycles. The van der Waals surface area contributed by atoms with Crippen molar-refractivity contribution in [1.82, 2.24) is 24.5 Å². The Balaban J connectivity index is 1.27. The number of halogens is 1. The van der Waals surface area contributed by atoms with Crippen molar-refractivity contribution in [2.24, 2.45) is 0 Å². The third-order valence-corrected chi connectivity index (χ3v) is 9.05. The van der Waals surface area contributed by atoms with Gasteiger partial charge in [0.1, 0.15) is 0 Å². The average molecular weight is 600 g/mol. The number of imide groups is 1. The lowest BCUT2D eigenvalue weighted by Gasteiger charge is -2.55. The van der Waals surface area contributed by atoms with E-state index in [0.29, 0.717) is 27.4 Å². The van der Waals surface area contributed by atoms with Gasteiger partial charge in [-0.15, -0.1) is 0 Å². The number of hydrogen-bond donors (Lipinski definition) is 1. The summed E-state index contributed by atoms with van der Waals surface area (Å²) in [6.07, 6.45) is 2.30. The molecule has 1 saturated carbocycles. The molecule has 4 heterocycles. The summed E-state index contributed by atoms with van der Waals surface area (Å²) in [5, 5.41) is 17.0. The molecule has 2 aliphatic rings. The number of benzene rings is 3. The molecule has 6 aromatic rings. The molecule has 8 rings (SSSR count). The van der Waals surface area contributed by atoms with Crippen LogP contribution in [0.25, 0.3) is 39.1 Å². The SMILES string of the molecule is Cc1cc2ncc3cc(-c4ccc(Cl)cc4)c(-c4ccc([C@]5(N6C(=O)c7ccccc7C6=O)C[C@@](C)(O)C5)cc4)nc3n2n1. The van der Waals surface area contributed by atoms with Gasteiger partial charge in [0.15, 0.2) is 11.3 Å². The van der Waals surface area contributed by atoms with E-state index in [1.165, 1.54) is 4.90 Å². The number of aromatic nitrogens is 4. The second kappa shape index (κ2) is 9.29. The van der Waals surface area contributed by atoms with Gasteiger partial charge in [-0.05, 0) is 55.3 Å². The molecule has 0 unspecified atom stereocenters. The molecule has 1 fully saturated rings. The van der Waals surface area contributed by atoms with Gasteiger partial charge in [-0.3, -0.25) is 14.5 Å². The number of pyridine rings is 1. The van der Waals surface area contributed by atoms with Crippen molar-refractivity contribution < 1.29 is 14.7 Å². The summed E-state index contributed by atoms with van der Waals surface area (Å²) in [5.41, 5.74) is 5.25. The van der Waals surface area contributed by atoms with E-state index in [1.54, 1.807) is 41.9 Å². The Morgan fingerprint density at radius 3 is 2.11 bits per heavy atom. The van der Waals surface area contributed by atoms with Crippen molar-refractivity contribution in [3.05, 3.63) is 119 Å². The Bertz CT molecular complexity index is 2130. The first-order valence-electron chi connectivity index (χ1n) is 14.4. The van der Waals surface area contributed by atoms with Crippen LogP contribution < -0.4 is 0 Å². The highest BCUT2D eigenvalue weighted by molar-refractivity contribution is 6.30. The molecule has 216 valence electrons. The van der Waals surface area contributed by atoms with Crippen LogP contribution in [0.4, 0.5) is 0 Å². The molecular formula is C35H26ClN5O3. The lowest BCUT2D eigenvalue weighted by molar-refractivity contribution is -0.118. The van der Waals surface area contributed by atoms with Gasteiger partial charge >= 0.3 is 0 Å². The first kappa shape index (κ1) is 26.7. The van der Waals surface area contributed by atoms with Crippen molar-refractivity contribution in [2.45, 2.75) is 37.8 Å². The van der Waals surface area contributed by atoms with Crippen LogP contribution >= 0.6 is 11.6 Å². The van der Waals surface area contributed by atoms with Gasteiger partial charge in [0.2, 0.25) is 0 Å². The van der Waals surface area contributed by atoms with Gasteiger partial charge in [0.05, 0.1) is 33.7 Å². The molecular weight excluding hydrogens is 574 g/mol. The third-order valence-electron chi connectivity index (χ3n) is 8.80. The Morgan fingerprint density at radius 2 is 1.48 bits per heavy atom. The number of rotatable bonds is 4. The summed E-state index contributed by atoms with van der Waals surface area (Å²) >= 11 is 6.22. The maximum Gasteiger partial charge on any atom is 0.262 e. The van der Waals surface area contributed by atoms with E-state index >= 15 is 0 Å². The van der Waals surface area contributed by atoms with Crippen LogP contribution in [0.2, 0.25) is 5.02 Å². The van der Waals surface area contributed by atoms with E-state index in [0.717, 1.165) is 39.0 Å². The standard InChI is InChI=1S/C35H26ClN5O3/c1-20-15-29-37-17-23-16-28(21-9-13-25(36)14-10-21)30(38-31(23)41(29)39-20)22-7-11-24(12-8-22)35(18-34(2,44)19-35)40-32(42)26-5-3-4-6-27(26)33(40)43/h3-17,44H,18-19H2,1-2H3/t34-,35+. The van der Waals surface area contributed by atoms with Crippen LogP contribution in [0.5, 0.6) is 0 Å². The molecule has 1 aliphatic heterocycles. The van der Waals surface area contributed by atoms with E-state index in [2.05, 4.69) is 16.1 Å². The maximum atomic E-state index is 13.6. The van der Waals surface area contributed by atoms with Crippen molar-refractivity contribution in [1.29, 1.82) is 0 Å². The second-order valence-electron chi connectivity index (χ2n) is 12.1. The van der Waals surface area contributed by atoms with Crippen LogP contribution in [-0.2, 0) is 5.54 Å². The van der Waals surface area contributed by atoms with Crippen LogP contribution in [0, 0.1) is 6.92 Å². The molecule has 8 nitrogen and oxygen atoms in total. The summed E-state index contributed by atoms with van der Waals surface area (Å²) in [4.78, 5) is 38.2. The van der Waals surface area contributed by atoms with Crippen LogP contribution in [0.15, 0.2) is 91.1 Å². The molecule has 0 saturated heterocycles. The first-order valence-corrected chi connectivity index (χ1v) is 14.7. The van der Waals surface area contributed by atoms with E-state index in [-0.39, 0.29) is 24.7 Å². The van der Waals surface area contributed by atoms with E-state index in [9.17, 15) is 14.7 Å². The highest BCUT2D eigenvalue weighted by atomic mass is 35.5. The monoisotopic (exact) mass is 599 g/mol. The van der Waals surface area contributed by atoms with Crippen LogP contribution in [0.1, 0.15) is 51.7 Å². The van der Waals surface area contributed by atoms with Gasteiger partial charge in [0, 0.05) is 46.6 Å². The van der Waals surface area contributed by atoms with Gasteiger partial charge in [0.25, 0.3) is 11.8 Å².